The number of amides is 1. The van der Waals surface area contributed by atoms with E-state index in [1.807, 2.05) is 36.4 Å². The van der Waals surface area contributed by atoms with E-state index in [0.717, 1.165) is 40.1 Å². The van der Waals surface area contributed by atoms with Crippen molar-refractivity contribution in [1.29, 1.82) is 0 Å². The highest BCUT2D eigenvalue weighted by Crippen LogP contribution is 2.32. The Balaban J connectivity index is 1.79. The van der Waals surface area contributed by atoms with E-state index in [1.54, 1.807) is 7.11 Å². The summed E-state index contributed by atoms with van der Waals surface area (Å²) in [4.78, 5) is 13.8. The number of nitrogens with one attached hydrogen (secondary N) is 1. The molecule has 1 N–H and O–H groups in total. The summed E-state index contributed by atoms with van der Waals surface area (Å²) in [5.41, 5.74) is 1.84. The highest BCUT2D eigenvalue weighted by Gasteiger charge is 2.19. The summed E-state index contributed by atoms with van der Waals surface area (Å²) in [6.07, 6.45) is 0.468. The number of benzene rings is 2. The van der Waals surface area contributed by atoms with Gasteiger partial charge >= 0.3 is 0 Å². The molecule has 2 aromatic carbocycles. The Hall–Kier alpha value is -3.15. The van der Waals surface area contributed by atoms with E-state index in [4.69, 9.17) is 4.74 Å². The van der Waals surface area contributed by atoms with Crippen molar-refractivity contribution in [1.82, 2.24) is 15.5 Å². The first-order valence-corrected chi connectivity index (χ1v) is 8.68. The molecule has 0 unspecified atom stereocenters. The molecule has 1 saturated heterocycles. The molecule has 2 heterocycles. The van der Waals surface area contributed by atoms with Crippen molar-refractivity contribution in [3.05, 3.63) is 48.5 Å². The van der Waals surface area contributed by atoms with Crippen molar-refractivity contribution in [3.63, 3.8) is 0 Å². The average molecular weight is 348 g/mol. The van der Waals surface area contributed by atoms with Gasteiger partial charge < -0.3 is 15.0 Å². The molecular formula is C20H20N4O2. The summed E-state index contributed by atoms with van der Waals surface area (Å²) < 4.78 is 5.24. The molecule has 0 saturated carbocycles. The smallest absolute Gasteiger partial charge is 0.221 e. The normalized spacial score (nSPS) is 14.8. The van der Waals surface area contributed by atoms with Gasteiger partial charge in [0.15, 0.2) is 5.82 Å². The first-order valence-electron chi connectivity index (χ1n) is 8.68. The standard InChI is InChI=1S/C20H20N4O2/c1-26-15-8-6-14(7-9-15)19-16-4-2-3-5-17(16)20(23-22-19)24-12-10-18(25)21-11-13-24/h2-9H,10-13H2,1H3,(H,21,25). The minimum atomic E-state index is 0.0830. The molecule has 1 aliphatic rings. The number of fused-ring (bicyclic) bond motifs is 1. The van der Waals surface area contributed by atoms with Crippen molar-refractivity contribution in [2.45, 2.75) is 6.42 Å². The van der Waals surface area contributed by atoms with Gasteiger partial charge in [0.25, 0.3) is 0 Å². The van der Waals surface area contributed by atoms with Crippen LogP contribution in [0.15, 0.2) is 48.5 Å². The number of rotatable bonds is 3. The van der Waals surface area contributed by atoms with Gasteiger partial charge in [-0.3, -0.25) is 4.79 Å². The van der Waals surface area contributed by atoms with Gasteiger partial charge in [-0.1, -0.05) is 24.3 Å². The molecule has 26 heavy (non-hydrogen) atoms. The molecule has 3 aromatic rings. The van der Waals surface area contributed by atoms with E-state index in [0.29, 0.717) is 19.5 Å². The van der Waals surface area contributed by atoms with Gasteiger partial charge in [0, 0.05) is 42.4 Å². The minimum Gasteiger partial charge on any atom is -0.497 e. The van der Waals surface area contributed by atoms with Crippen LogP contribution in [0.25, 0.3) is 22.0 Å². The van der Waals surface area contributed by atoms with Crippen molar-refractivity contribution >= 4 is 22.5 Å². The summed E-state index contributed by atoms with van der Waals surface area (Å²) in [7, 11) is 1.65. The average Bonchev–Trinajstić information content (AvgIpc) is 2.92. The fourth-order valence-electron chi connectivity index (χ4n) is 3.26. The maximum absolute atomic E-state index is 11.6. The molecule has 1 fully saturated rings. The monoisotopic (exact) mass is 348 g/mol. The largest absolute Gasteiger partial charge is 0.497 e. The zero-order chi connectivity index (χ0) is 17.9. The number of carbonyl (C=O) groups is 1. The van der Waals surface area contributed by atoms with Gasteiger partial charge in [0.05, 0.1) is 7.11 Å². The first-order chi connectivity index (χ1) is 12.8. The predicted octanol–water partition coefficient (Wildman–Crippen LogP) is 2.63. The summed E-state index contributed by atoms with van der Waals surface area (Å²) in [5, 5.41) is 14.0. The number of carbonyl (C=O) groups excluding carboxylic acids is 1. The molecule has 0 spiro atoms. The third-order valence-electron chi connectivity index (χ3n) is 4.64. The van der Waals surface area contributed by atoms with Crippen molar-refractivity contribution in [3.8, 4) is 17.0 Å². The Morgan fingerprint density at radius 1 is 1.00 bits per heavy atom. The zero-order valence-electron chi connectivity index (χ0n) is 14.6. The topological polar surface area (TPSA) is 67.4 Å². The fourth-order valence-corrected chi connectivity index (χ4v) is 3.26. The number of hydrogen-bond acceptors (Lipinski definition) is 5. The van der Waals surface area contributed by atoms with Gasteiger partial charge in [0.1, 0.15) is 11.4 Å². The lowest BCUT2D eigenvalue weighted by molar-refractivity contribution is -0.120. The molecule has 6 heteroatoms. The summed E-state index contributed by atoms with van der Waals surface area (Å²) in [5.74, 6) is 1.72. The van der Waals surface area contributed by atoms with Crippen LogP contribution in [0.5, 0.6) is 5.75 Å². The molecular weight excluding hydrogens is 328 g/mol. The zero-order valence-corrected chi connectivity index (χ0v) is 14.6. The Morgan fingerprint density at radius 3 is 2.54 bits per heavy atom. The number of hydrogen-bond donors (Lipinski definition) is 1. The Labute approximate surface area is 151 Å². The molecule has 0 aliphatic carbocycles. The summed E-state index contributed by atoms with van der Waals surface area (Å²) in [6, 6.07) is 16.0. The molecule has 0 radical (unpaired) electrons. The van der Waals surface area contributed by atoms with Gasteiger partial charge in [-0.2, -0.15) is 0 Å². The van der Waals surface area contributed by atoms with Crippen molar-refractivity contribution in [2.75, 3.05) is 31.6 Å². The van der Waals surface area contributed by atoms with Crippen LogP contribution < -0.4 is 15.0 Å². The fraction of sp³-hybridized carbons (Fsp3) is 0.250. The third-order valence-corrected chi connectivity index (χ3v) is 4.64. The lowest BCUT2D eigenvalue weighted by Crippen LogP contribution is -2.29. The van der Waals surface area contributed by atoms with Crippen LogP contribution in [0.2, 0.25) is 0 Å². The van der Waals surface area contributed by atoms with E-state index >= 15 is 0 Å². The van der Waals surface area contributed by atoms with Crippen molar-refractivity contribution < 1.29 is 9.53 Å². The second-order valence-electron chi connectivity index (χ2n) is 6.23. The van der Waals surface area contributed by atoms with Crippen LogP contribution in [0, 0.1) is 0 Å². The SMILES string of the molecule is COc1ccc(-c2nnc(N3CCNC(=O)CC3)c3ccccc23)cc1. The van der Waals surface area contributed by atoms with Gasteiger partial charge in [-0.05, 0) is 24.3 Å². The second kappa shape index (κ2) is 7.00. The maximum Gasteiger partial charge on any atom is 0.221 e. The van der Waals surface area contributed by atoms with Crippen LogP contribution in [0.4, 0.5) is 5.82 Å². The third kappa shape index (κ3) is 3.06. The lowest BCUT2D eigenvalue weighted by Gasteiger charge is -2.22. The van der Waals surface area contributed by atoms with E-state index in [-0.39, 0.29) is 5.91 Å². The molecule has 4 rings (SSSR count). The van der Waals surface area contributed by atoms with Crippen LogP contribution in [0.3, 0.4) is 0 Å². The molecule has 1 aliphatic heterocycles. The lowest BCUT2D eigenvalue weighted by atomic mass is 10.0. The van der Waals surface area contributed by atoms with Crippen LogP contribution >= 0.6 is 0 Å². The summed E-state index contributed by atoms with van der Waals surface area (Å²) in [6.45, 7) is 1.99. The predicted molar refractivity (Wildman–Crippen MR) is 101 cm³/mol. The number of nitrogens with zero attached hydrogens (tertiary/aromatic N) is 3. The Kier molecular flexibility index (Phi) is 4.39. The Bertz CT molecular complexity index is 940. The Morgan fingerprint density at radius 2 is 1.77 bits per heavy atom. The van der Waals surface area contributed by atoms with Gasteiger partial charge in [0.2, 0.25) is 5.91 Å². The summed E-state index contributed by atoms with van der Waals surface area (Å²) >= 11 is 0. The highest BCUT2D eigenvalue weighted by atomic mass is 16.5. The number of ether oxygens (including phenoxy) is 1. The van der Waals surface area contributed by atoms with Gasteiger partial charge in [-0.15, -0.1) is 10.2 Å². The number of methoxy groups -OCH3 is 1. The van der Waals surface area contributed by atoms with Gasteiger partial charge in [-0.25, -0.2) is 0 Å². The first kappa shape index (κ1) is 16.3. The van der Waals surface area contributed by atoms with E-state index in [2.05, 4.69) is 32.5 Å². The molecule has 0 atom stereocenters. The molecule has 0 bridgehead atoms. The molecule has 132 valence electrons. The van der Waals surface area contributed by atoms with Crippen LogP contribution in [0.1, 0.15) is 6.42 Å². The van der Waals surface area contributed by atoms with E-state index < -0.39 is 0 Å². The van der Waals surface area contributed by atoms with E-state index in [1.165, 1.54) is 0 Å². The molecule has 1 aromatic heterocycles. The highest BCUT2D eigenvalue weighted by molar-refractivity contribution is 6.00. The molecule has 6 nitrogen and oxygen atoms in total. The molecule has 1 amide bonds. The van der Waals surface area contributed by atoms with E-state index in [9.17, 15) is 4.79 Å². The number of anilines is 1. The quantitative estimate of drug-likeness (QED) is 0.788. The van der Waals surface area contributed by atoms with Crippen LogP contribution in [-0.4, -0.2) is 42.8 Å². The van der Waals surface area contributed by atoms with Crippen molar-refractivity contribution in [2.24, 2.45) is 0 Å². The minimum absolute atomic E-state index is 0.0830. The van der Waals surface area contributed by atoms with Crippen LogP contribution in [-0.2, 0) is 4.79 Å². The maximum atomic E-state index is 11.6. The number of aromatic nitrogens is 2. The second-order valence-corrected chi connectivity index (χ2v) is 6.23.